The predicted octanol–water partition coefficient (Wildman–Crippen LogP) is 4.23. The Morgan fingerprint density at radius 1 is 1.36 bits per heavy atom. The van der Waals surface area contributed by atoms with E-state index in [1.165, 1.54) is 16.1 Å². The van der Waals surface area contributed by atoms with Gasteiger partial charge >= 0.3 is 5.97 Å². The van der Waals surface area contributed by atoms with Crippen molar-refractivity contribution in [1.29, 1.82) is 0 Å². The van der Waals surface area contributed by atoms with Crippen LogP contribution in [0.15, 0.2) is 23.2 Å². The Kier molecular flexibility index (Phi) is 5.37. The summed E-state index contributed by atoms with van der Waals surface area (Å²) < 4.78 is -1.92. The Bertz CT molecular complexity index is 632. The summed E-state index contributed by atoms with van der Waals surface area (Å²) in [5.74, 6) is -1.21. The van der Waals surface area contributed by atoms with Gasteiger partial charge in [-0.3, -0.25) is 5.01 Å². The van der Waals surface area contributed by atoms with Crippen LogP contribution in [0.4, 0.5) is 5.69 Å². The number of amidine groups is 1. The second-order valence-corrected chi connectivity index (χ2v) is 7.45. The van der Waals surface area contributed by atoms with Crippen LogP contribution in [0.25, 0.3) is 0 Å². The van der Waals surface area contributed by atoms with Crippen LogP contribution in [-0.4, -0.2) is 38.4 Å². The summed E-state index contributed by atoms with van der Waals surface area (Å²) in [6.07, 6.45) is -1.21. The molecule has 1 N–H and O–H groups in total. The van der Waals surface area contributed by atoms with Crippen molar-refractivity contribution in [3.63, 3.8) is 0 Å². The molecule has 5 nitrogen and oxygen atoms in total. The summed E-state index contributed by atoms with van der Waals surface area (Å²) in [5, 5.41) is 12.8. The summed E-state index contributed by atoms with van der Waals surface area (Å²) in [6.45, 7) is 2.06. The van der Waals surface area contributed by atoms with Crippen molar-refractivity contribution in [2.75, 3.05) is 11.6 Å². The third-order valence-corrected chi connectivity index (χ3v) is 3.97. The molecule has 1 aromatic carbocycles. The number of halogens is 5. The Labute approximate surface area is 151 Å². The number of aliphatic imine (C=N–C) groups is 1. The van der Waals surface area contributed by atoms with Gasteiger partial charge in [-0.2, -0.15) is 5.01 Å². The van der Waals surface area contributed by atoms with Gasteiger partial charge in [0.25, 0.3) is 0 Å². The lowest BCUT2D eigenvalue weighted by Crippen LogP contribution is -2.50. The summed E-state index contributed by atoms with van der Waals surface area (Å²) >= 11 is 29.9. The standard InChI is InChI=1S/C12H10Cl5N3O2/c1-2-19-9(10(21)22)18-11(12(15,16)17)20(19)8-4-3-6(13)5-7(8)14/h3-5,9H,2H2,1H3,(H,21,22). The van der Waals surface area contributed by atoms with Gasteiger partial charge in [-0.25, -0.2) is 9.79 Å². The van der Waals surface area contributed by atoms with E-state index in [0.29, 0.717) is 17.3 Å². The van der Waals surface area contributed by atoms with Gasteiger partial charge in [0.15, 0.2) is 5.84 Å². The number of anilines is 1. The Morgan fingerprint density at radius 2 is 2.00 bits per heavy atom. The molecule has 0 aromatic heterocycles. The highest BCUT2D eigenvalue weighted by Gasteiger charge is 2.46. The smallest absolute Gasteiger partial charge is 0.345 e. The quantitative estimate of drug-likeness (QED) is 0.765. The largest absolute Gasteiger partial charge is 0.479 e. The van der Waals surface area contributed by atoms with Crippen molar-refractivity contribution in [3.05, 3.63) is 28.2 Å². The fourth-order valence-corrected chi connectivity index (χ4v) is 2.94. The first-order valence-corrected chi connectivity index (χ1v) is 7.95. The molecule has 0 amide bonds. The topological polar surface area (TPSA) is 56.1 Å². The van der Waals surface area contributed by atoms with Crippen LogP contribution in [0.3, 0.4) is 0 Å². The van der Waals surface area contributed by atoms with Crippen LogP contribution in [0.1, 0.15) is 6.92 Å². The maximum atomic E-state index is 11.4. The van der Waals surface area contributed by atoms with Gasteiger partial charge in [-0.15, -0.1) is 0 Å². The third-order valence-electron chi connectivity index (χ3n) is 2.92. The molecule has 120 valence electrons. The molecule has 1 aromatic rings. The maximum Gasteiger partial charge on any atom is 0.345 e. The molecule has 1 atom stereocenters. The first kappa shape index (κ1) is 17.9. The maximum absolute atomic E-state index is 11.4. The van der Waals surface area contributed by atoms with E-state index in [2.05, 4.69) is 4.99 Å². The summed E-state index contributed by atoms with van der Waals surface area (Å²) in [6, 6.07) is 4.71. The van der Waals surface area contributed by atoms with Gasteiger partial charge in [-0.1, -0.05) is 64.9 Å². The number of hydrogen-bond donors (Lipinski definition) is 1. The van der Waals surface area contributed by atoms with Crippen LogP contribution >= 0.6 is 58.0 Å². The average Bonchev–Trinajstić information content (AvgIpc) is 2.78. The Hall–Kier alpha value is -0.430. The highest BCUT2D eigenvalue weighted by molar-refractivity contribution is 6.77. The highest BCUT2D eigenvalue weighted by atomic mass is 35.6. The number of alkyl halides is 3. The fourth-order valence-electron chi connectivity index (χ4n) is 2.06. The molecule has 0 radical (unpaired) electrons. The lowest BCUT2D eigenvalue weighted by Gasteiger charge is -2.33. The van der Waals surface area contributed by atoms with E-state index in [0.717, 1.165) is 0 Å². The first-order valence-electron chi connectivity index (χ1n) is 6.06. The fraction of sp³-hybridized carbons (Fsp3) is 0.333. The average molecular weight is 405 g/mol. The number of carbonyl (C=O) groups is 1. The molecule has 10 heteroatoms. The molecular formula is C12H10Cl5N3O2. The third kappa shape index (κ3) is 3.40. The molecule has 2 rings (SSSR count). The number of rotatable bonds is 3. The zero-order valence-electron chi connectivity index (χ0n) is 11.1. The normalized spacial score (nSPS) is 19.5. The Balaban J connectivity index is 2.58. The van der Waals surface area contributed by atoms with Crippen molar-refractivity contribution < 1.29 is 9.90 Å². The molecule has 1 aliphatic rings. The number of hydrazine groups is 1. The van der Waals surface area contributed by atoms with Gasteiger partial charge in [0.05, 0.1) is 10.7 Å². The van der Waals surface area contributed by atoms with Gasteiger partial charge in [0.2, 0.25) is 9.96 Å². The zero-order chi connectivity index (χ0) is 16.7. The van der Waals surface area contributed by atoms with E-state index in [1.807, 2.05) is 0 Å². The summed E-state index contributed by atoms with van der Waals surface area (Å²) in [7, 11) is 0. The lowest BCUT2D eigenvalue weighted by molar-refractivity contribution is -0.142. The number of carboxylic acid groups (broad SMARTS) is 1. The van der Waals surface area contributed by atoms with E-state index in [4.69, 9.17) is 58.0 Å². The van der Waals surface area contributed by atoms with E-state index < -0.39 is 15.9 Å². The molecule has 0 saturated carbocycles. The van der Waals surface area contributed by atoms with E-state index in [1.54, 1.807) is 19.1 Å². The second-order valence-electron chi connectivity index (χ2n) is 4.33. The van der Waals surface area contributed by atoms with Crippen molar-refractivity contribution in [2.24, 2.45) is 4.99 Å². The van der Waals surface area contributed by atoms with E-state index in [-0.39, 0.29) is 10.9 Å². The first-order chi connectivity index (χ1) is 10.2. The van der Waals surface area contributed by atoms with Crippen molar-refractivity contribution in [2.45, 2.75) is 16.9 Å². The number of carboxylic acids is 1. The molecule has 1 heterocycles. The van der Waals surface area contributed by atoms with Gasteiger partial charge < -0.3 is 5.11 Å². The minimum atomic E-state index is -1.92. The monoisotopic (exact) mass is 403 g/mol. The lowest BCUT2D eigenvalue weighted by atomic mass is 10.3. The molecule has 1 aliphatic heterocycles. The second kappa shape index (κ2) is 6.59. The van der Waals surface area contributed by atoms with Gasteiger partial charge in [0, 0.05) is 11.6 Å². The summed E-state index contributed by atoms with van der Waals surface area (Å²) in [4.78, 5) is 15.4. The molecule has 0 fully saturated rings. The van der Waals surface area contributed by atoms with Crippen molar-refractivity contribution in [1.82, 2.24) is 5.01 Å². The van der Waals surface area contributed by atoms with Crippen LogP contribution < -0.4 is 5.01 Å². The predicted molar refractivity (Wildman–Crippen MR) is 90.5 cm³/mol. The van der Waals surface area contributed by atoms with Crippen LogP contribution in [0.2, 0.25) is 10.0 Å². The molecular weight excluding hydrogens is 395 g/mol. The minimum absolute atomic E-state index is 0.0454. The number of benzene rings is 1. The zero-order valence-corrected chi connectivity index (χ0v) is 14.9. The van der Waals surface area contributed by atoms with Crippen LogP contribution in [0, 0.1) is 0 Å². The number of aliphatic carboxylic acids is 1. The molecule has 0 aliphatic carbocycles. The molecule has 22 heavy (non-hydrogen) atoms. The summed E-state index contributed by atoms with van der Waals surface area (Å²) in [5.41, 5.74) is 0.418. The molecule has 0 saturated heterocycles. The van der Waals surface area contributed by atoms with Gasteiger partial charge in [-0.05, 0) is 18.2 Å². The Morgan fingerprint density at radius 3 is 2.45 bits per heavy atom. The molecule has 0 spiro atoms. The van der Waals surface area contributed by atoms with Crippen molar-refractivity contribution >= 4 is 75.5 Å². The minimum Gasteiger partial charge on any atom is -0.479 e. The van der Waals surface area contributed by atoms with Crippen molar-refractivity contribution in [3.8, 4) is 0 Å². The van der Waals surface area contributed by atoms with E-state index in [9.17, 15) is 9.90 Å². The van der Waals surface area contributed by atoms with Crippen LogP contribution in [-0.2, 0) is 4.79 Å². The number of likely N-dealkylation sites (N-methyl/N-ethyl adjacent to an activating group) is 1. The molecule has 1 unspecified atom stereocenters. The highest BCUT2D eigenvalue weighted by Crippen LogP contribution is 2.40. The van der Waals surface area contributed by atoms with E-state index >= 15 is 0 Å². The number of nitrogens with zero attached hydrogens (tertiary/aromatic N) is 3. The SMILES string of the molecule is CCN1C(C(=O)O)N=C(C(Cl)(Cl)Cl)N1c1ccc(Cl)cc1Cl. The number of hydrogen-bond acceptors (Lipinski definition) is 4. The van der Waals surface area contributed by atoms with Crippen LogP contribution in [0.5, 0.6) is 0 Å². The van der Waals surface area contributed by atoms with Gasteiger partial charge in [0.1, 0.15) is 0 Å². The molecule has 0 bridgehead atoms.